The first kappa shape index (κ1) is 17.9. The van der Waals surface area contributed by atoms with Crippen LogP contribution in [0.3, 0.4) is 0 Å². The van der Waals surface area contributed by atoms with Gasteiger partial charge in [0.15, 0.2) is 5.82 Å². The van der Waals surface area contributed by atoms with Gasteiger partial charge in [-0.05, 0) is 60.3 Å². The molecule has 0 bridgehead atoms. The monoisotopic (exact) mass is 390 g/mol. The van der Waals surface area contributed by atoms with Gasteiger partial charge < -0.3 is 15.5 Å². The highest BCUT2D eigenvalue weighted by atomic mass is 32.1. The maximum Gasteiger partial charge on any atom is 0.249 e. The lowest BCUT2D eigenvalue weighted by Gasteiger charge is -2.14. The van der Waals surface area contributed by atoms with E-state index in [1.54, 1.807) is 23.5 Å². The molecule has 3 aromatic heterocycles. The number of carbonyl (C=O) groups excluding carboxylic acids is 1. The van der Waals surface area contributed by atoms with Gasteiger partial charge in [0.25, 0.3) is 0 Å². The van der Waals surface area contributed by atoms with Crippen molar-refractivity contribution in [1.82, 2.24) is 10.2 Å². The van der Waals surface area contributed by atoms with Gasteiger partial charge in [0.05, 0.1) is 5.69 Å². The van der Waals surface area contributed by atoms with Crippen molar-refractivity contribution in [1.29, 1.82) is 0 Å². The summed E-state index contributed by atoms with van der Waals surface area (Å²) in [4.78, 5) is 11.9. The molecule has 0 aliphatic rings. The average Bonchev–Trinajstić information content (AvgIpc) is 3.35. The van der Waals surface area contributed by atoms with Gasteiger partial charge in [0.1, 0.15) is 11.5 Å². The van der Waals surface area contributed by atoms with Crippen LogP contribution in [0.15, 0.2) is 63.7 Å². The van der Waals surface area contributed by atoms with Crippen LogP contribution >= 0.6 is 11.3 Å². The number of primary amides is 1. The number of hydrogen-bond donors (Lipinski definition) is 2. The SMILES string of the molecule is Cc1ccc(Cc2c(Nc3ccc(-c4ccsc4)nn3)cccc2C(N)=O)o1. The largest absolute Gasteiger partial charge is 0.466 e. The summed E-state index contributed by atoms with van der Waals surface area (Å²) < 4.78 is 5.68. The number of aryl methyl sites for hydroxylation is 1. The molecule has 0 saturated heterocycles. The number of anilines is 2. The molecule has 1 amide bonds. The lowest BCUT2D eigenvalue weighted by Crippen LogP contribution is -2.15. The molecule has 0 aliphatic heterocycles. The van der Waals surface area contributed by atoms with Gasteiger partial charge >= 0.3 is 0 Å². The van der Waals surface area contributed by atoms with Crippen LogP contribution in [-0.2, 0) is 6.42 Å². The van der Waals surface area contributed by atoms with Crippen LogP contribution in [0.4, 0.5) is 11.5 Å². The summed E-state index contributed by atoms with van der Waals surface area (Å²) in [7, 11) is 0. The number of nitrogens with two attached hydrogens (primary N) is 1. The molecule has 6 nitrogen and oxygen atoms in total. The number of furan rings is 1. The molecule has 0 fully saturated rings. The van der Waals surface area contributed by atoms with Gasteiger partial charge in [0, 0.05) is 28.6 Å². The van der Waals surface area contributed by atoms with E-state index in [0.717, 1.165) is 34.0 Å². The summed E-state index contributed by atoms with van der Waals surface area (Å²) in [5.74, 6) is 1.67. The molecule has 4 rings (SSSR count). The van der Waals surface area contributed by atoms with Crippen molar-refractivity contribution in [3.8, 4) is 11.3 Å². The van der Waals surface area contributed by atoms with E-state index in [0.29, 0.717) is 17.8 Å². The Kier molecular flexibility index (Phi) is 4.90. The Labute approximate surface area is 166 Å². The van der Waals surface area contributed by atoms with Crippen LogP contribution in [0, 0.1) is 6.92 Å². The van der Waals surface area contributed by atoms with E-state index in [1.165, 1.54) is 0 Å². The predicted molar refractivity (Wildman–Crippen MR) is 110 cm³/mol. The summed E-state index contributed by atoms with van der Waals surface area (Å²) in [6.45, 7) is 1.88. The zero-order chi connectivity index (χ0) is 19.5. The fraction of sp³-hybridized carbons (Fsp3) is 0.0952. The second kappa shape index (κ2) is 7.66. The van der Waals surface area contributed by atoms with E-state index in [9.17, 15) is 4.79 Å². The Balaban J connectivity index is 1.65. The maximum atomic E-state index is 11.9. The quantitative estimate of drug-likeness (QED) is 0.504. The summed E-state index contributed by atoms with van der Waals surface area (Å²) in [5.41, 5.74) is 9.37. The fourth-order valence-corrected chi connectivity index (χ4v) is 3.63. The highest BCUT2D eigenvalue weighted by molar-refractivity contribution is 7.08. The minimum atomic E-state index is -0.485. The average molecular weight is 390 g/mol. The molecule has 140 valence electrons. The van der Waals surface area contributed by atoms with Gasteiger partial charge in [0.2, 0.25) is 5.91 Å². The van der Waals surface area contributed by atoms with Gasteiger partial charge in [-0.2, -0.15) is 11.3 Å². The van der Waals surface area contributed by atoms with Gasteiger partial charge in [-0.15, -0.1) is 10.2 Å². The van der Waals surface area contributed by atoms with E-state index >= 15 is 0 Å². The van der Waals surface area contributed by atoms with Crippen molar-refractivity contribution in [3.63, 3.8) is 0 Å². The summed E-state index contributed by atoms with van der Waals surface area (Å²) in [6, 6.07) is 14.9. The van der Waals surface area contributed by atoms with E-state index in [-0.39, 0.29) is 0 Å². The first-order valence-corrected chi connectivity index (χ1v) is 9.65. The molecule has 0 unspecified atom stereocenters. The highest BCUT2D eigenvalue weighted by Crippen LogP contribution is 2.27. The van der Waals surface area contributed by atoms with Crippen molar-refractivity contribution < 1.29 is 9.21 Å². The van der Waals surface area contributed by atoms with Crippen molar-refractivity contribution in [2.24, 2.45) is 5.73 Å². The number of thiophene rings is 1. The Morgan fingerprint density at radius 3 is 2.68 bits per heavy atom. The standard InChI is InChI=1S/C21H18N4O2S/c1-13-5-6-15(27-13)11-17-16(21(22)26)3-2-4-19(17)23-20-8-7-18(24-25-20)14-9-10-28-12-14/h2-10,12H,11H2,1H3,(H2,22,26)(H,23,25). The smallest absolute Gasteiger partial charge is 0.249 e. The first-order valence-electron chi connectivity index (χ1n) is 8.70. The van der Waals surface area contributed by atoms with Crippen LogP contribution in [0.2, 0.25) is 0 Å². The number of amides is 1. The first-order chi connectivity index (χ1) is 13.6. The molecule has 0 radical (unpaired) electrons. The molecule has 0 atom stereocenters. The van der Waals surface area contributed by atoms with E-state index in [1.807, 2.05) is 54.1 Å². The summed E-state index contributed by atoms with van der Waals surface area (Å²) >= 11 is 1.61. The van der Waals surface area contributed by atoms with Crippen molar-refractivity contribution in [2.45, 2.75) is 13.3 Å². The number of nitrogens with one attached hydrogen (secondary N) is 1. The van der Waals surface area contributed by atoms with Crippen LogP contribution in [0.1, 0.15) is 27.4 Å². The third-order valence-electron chi connectivity index (χ3n) is 4.33. The molecule has 0 spiro atoms. The number of nitrogens with zero attached hydrogens (tertiary/aromatic N) is 2. The van der Waals surface area contributed by atoms with Crippen molar-refractivity contribution in [2.75, 3.05) is 5.32 Å². The third kappa shape index (κ3) is 3.79. The molecular weight excluding hydrogens is 372 g/mol. The van der Waals surface area contributed by atoms with Gasteiger partial charge in [-0.3, -0.25) is 4.79 Å². The van der Waals surface area contributed by atoms with E-state index in [4.69, 9.17) is 10.2 Å². The molecule has 1 aromatic carbocycles. The van der Waals surface area contributed by atoms with Crippen LogP contribution in [-0.4, -0.2) is 16.1 Å². The lowest BCUT2D eigenvalue weighted by atomic mass is 10.0. The Bertz CT molecular complexity index is 1100. The number of hydrogen-bond acceptors (Lipinski definition) is 6. The molecule has 3 heterocycles. The molecule has 3 N–H and O–H groups in total. The second-order valence-corrected chi connectivity index (χ2v) is 7.11. The zero-order valence-electron chi connectivity index (χ0n) is 15.2. The second-order valence-electron chi connectivity index (χ2n) is 6.33. The van der Waals surface area contributed by atoms with E-state index in [2.05, 4.69) is 15.5 Å². The molecule has 0 aliphatic carbocycles. The van der Waals surface area contributed by atoms with E-state index < -0.39 is 5.91 Å². The summed E-state index contributed by atoms with van der Waals surface area (Å²) in [6.07, 6.45) is 0.440. The lowest BCUT2D eigenvalue weighted by molar-refractivity contribution is 0.0999. The highest BCUT2D eigenvalue weighted by Gasteiger charge is 2.15. The summed E-state index contributed by atoms with van der Waals surface area (Å²) in [5, 5.41) is 15.8. The Morgan fingerprint density at radius 1 is 1.14 bits per heavy atom. The van der Waals surface area contributed by atoms with Crippen LogP contribution in [0.25, 0.3) is 11.3 Å². The zero-order valence-corrected chi connectivity index (χ0v) is 16.0. The molecular formula is C21H18N4O2S. The van der Waals surface area contributed by atoms with Crippen molar-refractivity contribution >= 4 is 28.7 Å². The minimum absolute atomic E-state index is 0.440. The number of benzene rings is 1. The normalized spacial score (nSPS) is 10.8. The topological polar surface area (TPSA) is 94.0 Å². The fourth-order valence-electron chi connectivity index (χ4n) is 2.98. The minimum Gasteiger partial charge on any atom is -0.466 e. The van der Waals surface area contributed by atoms with Crippen LogP contribution < -0.4 is 11.1 Å². The maximum absolute atomic E-state index is 11.9. The van der Waals surface area contributed by atoms with Gasteiger partial charge in [-0.25, -0.2) is 0 Å². The number of rotatable bonds is 6. The van der Waals surface area contributed by atoms with Gasteiger partial charge in [-0.1, -0.05) is 6.07 Å². The Hall–Kier alpha value is -3.45. The molecule has 7 heteroatoms. The number of carbonyl (C=O) groups is 1. The molecule has 0 saturated carbocycles. The van der Waals surface area contributed by atoms with Crippen LogP contribution in [0.5, 0.6) is 0 Å². The molecule has 28 heavy (non-hydrogen) atoms. The number of aromatic nitrogens is 2. The Morgan fingerprint density at radius 2 is 2.04 bits per heavy atom. The molecule has 4 aromatic rings. The van der Waals surface area contributed by atoms with Crippen molar-refractivity contribution in [3.05, 3.63) is 81.9 Å². The third-order valence-corrected chi connectivity index (χ3v) is 5.02. The predicted octanol–water partition coefficient (Wildman–Crippen LogP) is 4.54.